The SMILES string of the molecule is Cc1cc(C)c2ccc3c(N(c4ccccc4)c4ccccc4)cc(C)c4ccc1c2c43. The molecule has 0 aliphatic heterocycles. The van der Waals surface area contributed by atoms with E-state index in [1.807, 2.05) is 0 Å². The second-order valence-electron chi connectivity index (χ2n) is 8.80. The van der Waals surface area contributed by atoms with Crippen LogP contribution in [0, 0.1) is 20.8 Å². The predicted octanol–water partition coefficient (Wildman–Crippen LogP) is 8.98. The minimum atomic E-state index is 1.17. The zero-order valence-corrected chi connectivity index (χ0v) is 18.7. The number of anilines is 3. The molecular formula is C31H25N. The molecule has 32 heavy (non-hydrogen) atoms. The monoisotopic (exact) mass is 411 g/mol. The molecule has 0 aliphatic rings. The summed E-state index contributed by atoms with van der Waals surface area (Å²) in [5, 5.41) is 8.11. The fourth-order valence-corrected chi connectivity index (χ4v) is 5.30. The lowest BCUT2D eigenvalue weighted by atomic mass is 9.87. The Hall–Kier alpha value is -3.84. The van der Waals surface area contributed by atoms with Gasteiger partial charge in [0.25, 0.3) is 0 Å². The molecule has 0 spiro atoms. The first-order valence-electron chi connectivity index (χ1n) is 11.2. The minimum Gasteiger partial charge on any atom is -0.310 e. The van der Waals surface area contributed by atoms with Crippen molar-refractivity contribution in [1.29, 1.82) is 0 Å². The normalized spacial score (nSPS) is 11.6. The number of hydrogen-bond acceptors (Lipinski definition) is 1. The lowest BCUT2D eigenvalue weighted by molar-refractivity contribution is 1.29. The van der Waals surface area contributed by atoms with E-state index in [9.17, 15) is 0 Å². The van der Waals surface area contributed by atoms with Crippen LogP contribution in [0.4, 0.5) is 17.1 Å². The van der Waals surface area contributed by atoms with E-state index in [0.29, 0.717) is 0 Å². The minimum absolute atomic E-state index is 1.17. The molecule has 0 fully saturated rings. The molecule has 1 nitrogen and oxygen atoms in total. The average molecular weight is 412 g/mol. The van der Waals surface area contributed by atoms with E-state index in [2.05, 4.69) is 123 Å². The summed E-state index contributed by atoms with van der Waals surface area (Å²) in [6, 6.07) is 35.3. The number of nitrogens with zero attached hydrogens (tertiary/aromatic N) is 1. The summed E-state index contributed by atoms with van der Waals surface area (Å²) < 4.78 is 0. The molecule has 1 heteroatoms. The van der Waals surface area contributed by atoms with Crippen LogP contribution in [0.3, 0.4) is 0 Å². The largest absolute Gasteiger partial charge is 0.310 e. The highest BCUT2D eigenvalue weighted by Crippen LogP contribution is 2.45. The van der Waals surface area contributed by atoms with Crippen molar-refractivity contribution in [2.24, 2.45) is 0 Å². The lowest BCUT2D eigenvalue weighted by Gasteiger charge is -2.28. The van der Waals surface area contributed by atoms with Gasteiger partial charge in [0.15, 0.2) is 0 Å². The molecule has 0 bridgehead atoms. The Morgan fingerprint density at radius 1 is 0.438 bits per heavy atom. The van der Waals surface area contributed by atoms with Gasteiger partial charge in [-0.15, -0.1) is 0 Å². The van der Waals surface area contributed by atoms with E-state index in [0.717, 1.165) is 0 Å². The van der Waals surface area contributed by atoms with Crippen LogP contribution >= 0.6 is 0 Å². The van der Waals surface area contributed by atoms with Gasteiger partial charge in [-0.1, -0.05) is 66.7 Å². The predicted molar refractivity (Wildman–Crippen MR) is 139 cm³/mol. The van der Waals surface area contributed by atoms with Gasteiger partial charge in [0.05, 0.1) is 5.69 Å². The summed E-state index contributed by atoms with van der Waals surface area (Å²) >= 11 is 0. The van der Waals surface area contributed by atoms with E-state index in [-0.39, 0.29) is 0 Å². The Balaban J connectivity index is 1.78. The van der Waals surface area contributed by atoms with E-state index in [1.54, 1.807) is 0 Å². The molecule has 6 aromatic carbocycles. The first-order valence-corrected chi connectivity index (χ1v) is 11.2. The second-order valence-corrected chi connectivity index (χ2v) is 8.80. The van der Waals surface area contributed by atoms with Gasteiger partial charge in [0, 0.05) is 16.8 Å². The van der Waals surface area contributed by atoms with Gasteiger partial charge >= 0.3 is 0 Å². The summed E-state index contributed by atoms with van der Waals surface area (Å²) in [4.78, 5) is 2.39. The van der Waals surface area contributed by atoms with Crippen LogP contribution in [-0.4, -0.2) is 0 Å². The molecule has 0 aromatic heterocycles. The number of rotatable bonds is 3. The van der Waals surface area contributed by atoms with Gasteiger partial charge in [-0.25, -0.2) is 0 Å². The molecule has 154 valence electrons. The second kappa shape index (κ2) is 7.10. The zero-order valence-electron chi connectivity index (χ0n) is 18.7. The Kier molecular flexibility index (Phi) is 4.19. The van der Waals surface area contributed by atoms with Crippen molar-refractivity contribution >= 4 is 49.4 Å². The van der Waals surface area contributed by atoms with Crippen molar-refractivity contribution < 1.29 is 0 Å². The van der Waals surface area contributed by atoms with Gasteiger partial charge < -0.3 is 4.90 Å². The molecule has 0 amide bonds. The molecular weight excluding hydrogens is 386 g/mol. The van der Waals surface area contributed by atoms with E-state index in [4.69, 9.17) is 0 Å². The summed E-state index contributed by atoms with van der Waals surface area (Å²) in [6.07, 6.45) is 0. The molecule has 0 saturated carbocycles. The van der Waals surface area contributed by atoms with Crippen LogP contribution < -0.4 is 4.90 Å². The van der Waals surface area contributed by atoms with E-state index in [1.165, 1.54) is 66.1 Å². The van der Waals surface area contributed by atoms with E-state index < -0.39 is 0 Å². The zero-order chi connectivity index (χ0) is 21.8. The van der Waals surface area contributed by atoms with Crippen molar-refractivity contribution in [3.8, 4) is 0 Å². The number of hydrogen-bond donors (Lipinski definition) is 0. The number of para-hydroxylation sites is 2. The maximum absolute atomic E-state index is 2.39. The maximum atomic E-state index is 2.39. The molecule has 6 aromatic rings. The van der Waals surface area contributed by atoms with Crippen molar-refractivity contribution in [3.63, 3.8) is 0 Å². The molecule has 0 aliphatic carbocycles. The molecule has 0 radical (unpaired) electrons. The summed E-state index contributed by atoms with van der Waals surface area (Å²) in [7, 11) is 0. The highest BCUT2D eigenvalue weighted by Gasteiger charge is 2.20. The molecule has 0 atom stereocenters. The topological polar surface area (TPSA) is 3.24 Å². The Morgan fingerprint density at radius 3 is 1.34 bits per heavy atom. The van der Waals surface area contributed by atoms with Crippen molar-refractivity contribution in [2.45, 2.75) is 20.8 Å². The molecule has 0 heterocycles. The van der Waals surface area contributed by atoms with Crippen LogP contribution in [0.25, 0.3) is 32.3 Å². The van der Waals surface area contributed by atoms with Crippen LogP contribution in [0.5, 0.6) is 0 Å². The van der Waals surface area contributed by atoms with Crippen LogP contribution in [0.2, 0.25) is 0 Å². The summed E-state index contributed by atoms with van der Waals surface area (Å²) in [5.41, 5.74) is 7.55. The van der Waals surface area contributed by atoms with Gasteiger partial charge in [0.2, 0.25) is 0 Å². The average Bonchev–Trinajstić information content (AvgIpc) is 2.82. The first kappa shape index (κ1) is 18.9. The van der Waals surface area contributed by atoms with Gasteiger partial charge in [-0.05, 0) is 94.7 Å². The molecule has 0 N–H and O–H groups in total. The van der Waals surface area contributed by atoms with E-state index >= 15 is 0 Å². The van der Waals surface area contributed by atoms with Crippen LogP contribution in [0.1, 0.15) is 16.7 Å². The quantitative estimate of drug-likeness (QED) is 0.263. The third kappa shape index (κ3) is 2.71. The van der Waals surface area contributed by atoms with Gasteiger partial charge in [0.1, 0.15) is 0 Å². The Bertz CT molecular complexity index is 1520. The fourth-order valence-electron chi connectivity index (χ4n) is 5.30. The standard InChI is InChI=1S/C31H25N/c1-20-18-21(2)26-16-17-28-29(19-22(3)27-15-14-25(20)30(26)31(27)28)32(23-10-6-4-7-11-23)24-12-8-5-9-13-24/h4-19H,1-3H3. The number of aryl methyl sites for hydroxylation is 3. The molecule has 6 rings (SSSR count). The fraction of sp³-hybridized carbons (Fsp3) is 0.0968. The summed E-state index contributed by atoms with van der Waals surface area (Å²) in [5.74, 6) is 0. The number of benzene rings is 6. The van der Waals surface area contributed by atoms with Crippen LogP contribution in [0.15, 0.2) is 97.1 Å². The maximum Gasteiger partial charge on any atom is 0.0543 e. The van der Waals surface area contributed by atoms with Crippen molar-refractivity contribution in [1.82, 2.24) is 0 Å². The van der Waals surface area contributed by atoms with Gasteiger partial charge in [-0.3, -0.25) is 0 Å². The van der Waals surface area contributed by atoms with Crippen molar-refractivity contribution in [2.75, 3.05) is 4.90 Å². The highest BCUT2D eigenvalue weighted by atomic mass is 15.1. The molecule has 0 unspecified atom stereocenters. The smallest absolute Gasteiger partial charge is 0.0543 e. The molecule has 0 saturated heterocycles. The first-order chi connectivity index (χ1) is 15.6. The third-order valence-corrected chi connectivity index (χ3v) is 6.77. The lowest BCUT2D eigenvalue weighted by Crippen LogP contribution is -2.11. The van der Waals surface area contributed by atoms with Crippen molar-refractivity contribution in [3.05, 3.63) is 114 Å². The Labute approximate surface area is 188 Å². The Morgan fingerprint density at radius 2 is 0.844 bits per heavy atom. The summed E-state index contributed by atoms with van der Waals surface area (Å²) in [6.45, 7) is 6.70. The van der Waals surface area contributed by atoms with Crippen LogP contribution in [-0.2, 0) is 0 Å². The third-order valence-electron chi connectivity index (χ3n) is 6.77. The highest BCUT2D eigenvalue weighted by molar-refractivity contribution is 6.27. The van der Waals surface area contributed by atoms with Gasteiger partial charge in [-0.2, -0.15) is 0 Å².